The van der Waals surface area contributed by atoms with E-state index in [-0.39, 0.29) is 54.2 Å². The lowest BCUT2D eigenvalue weighted by atomic mass is 9.48. The number of nitrogens with one attached hydrogen (secondary N) is 1. The van der Waals surface area contributed by atoms with Crippen LogP contribution in [0.4, 0.5) is 0 Å². The number of carbonyl (C=O) groups is 4. The summed E-state index contributed by atoms with van der Waals surface area (Å²) in [5, 5.41) is 3.08. The number of rotatable bonds is 6. The predicted molar refractivity (Wildman–Crippen MR) is 111 cm³/mol. The predicted octanol–water partition coefficient (Wildman–Crippen LogP) is 2.43. The molecule has 0 spiro atoms. The molecule has 7 heteroatoms. The van der Waals surface area contributed by atoms with Gasteiger partial charge in [-0.05, 0) is 81.5 Å². The number of hydrogen-bond donors (Lipinski definition) is 1. The Kier molecular flexibility index (Phi) is 5.33. The first-order chi connectivity index (χ1) is 14.8. The van der Waals surface area contributed by atoms with E-state index in [1.807, 2.05) is 0 Å². The van der Waals surface area contributed by atoms with Crippen LogP contribution in [0.1, 0.15) is 71.1 Å². The maximum absolute atomic E-state index is 12.5. The number of carbonyl (C=O) groups excluding carboxylic acids is 4. The molecule has 4 bridgehead atoms. The Balaban J connectivity index is 1.10. The summed E-state index contributed by atoms with van der Waals surface area (Å²) in [6, 6.07) is 0.0666. The van der Waals surface area contributed by atoms with Crippen LogP contribution in [0.3, 0.4) is 0 Å². The van der Waals surface area contributed by atoms with Crippen LogP contribution in [-0.4, -0.2) is 47.8 Å². The highest BCUT2D eigenvalue weighted by Gasteiger charge is 2.53. The molecule has 5 aliphatic carbocycles. The molecule has 170 valence electrons. The van der Waals surface area contributed by atoms with E-state index in [0.29, 0.717) is 12.8 Å². The van der Waals surface area contributed by atoms with Gasteiger partial charge in [0.05, 0.1) is 11.8 Å². The minimum atomic E-state index is -0.696. The standard InChI is InChI=1S/C24H34N2O5/c1-14(24-9-15-6-16(10-24)8-17(7-15)11-24)25-20(27)13-31-21(28)12-26-22(29)18-4-2-3-5-19(18)23(26)30/h14-19H,2-13H2,1H3,(H,25,27)/t14-,15?,16?,17?,18+,19+,24?/m1/s1. The molecule has 6 rings (SSSR count). The van der Waals surface area contributed by atoms with Gasteiger partial charge >= 0.3 is 5.97 Å². The monoisotopic (exact) mass is 430 g/mol. The van der Waals surface area contributed by atoms with Crippen LogP contribution in [0.2, 0.25) is 0 Å². The highest BCUT2D eigenvalue weighted by molar-refractivity contribution is 6.07. The Hall–Kier alpha value is -1.92. The molecule has 1 heterocycles. The van der Waals surface area contributed by atoms with E-state index in [1.54, 1.807) is 0 Å². The molecule has 1 saturated heterocycles. The van der Waals surface area contributed by atoms with E-state index in [9.17, 15) is 19.2 Å². The fraction of sp³-hybridized carbons (Fsp3) is 0.833. The maximum atomic E-state index is 12.5. The van der Waals surface area contributed by atoms with E-state index in [0.717, 1.165) is 35.5 Å². The average Bonchev–Trinajstić information content (AvgIpc) is 2.96. The first-order valence-electron chi connectivity index (χ1n) is 12.1. The van der Waals surface area contributed by atoms with Gasteiger partial charge in [0.1, 0.15) is 6.54 Å². The summed E-state index contributed by atoms with van der Waals surface area (Å²) in [6.07, 6.45) is 11.0. The van der Waals surface area contributed by atoms with Gasteiger partial charge in [-0.1, -0.05) is 12.8 Å². The molecule has 6 aliphatic rings. The third kappa shape index (κ3) is 3.78. The summed E-state index contributed by atoms with van der Waals surface area (Å²) >= 11 is 0. The van der Waals surface area contributed by atoms with Gasteiger partial charge in [0.15, 0.2) is 6.61 Å². The average molecular weight is 431 g/mol. The smallest absolute Gasteiger partial charge is 0.326 e. The van der Waals surface area contributed by atoms with Crippen LogP contribution in [0.5, 0.6) is 0 Å². The second-order valence-electron chi connectivity index (χ2n) is 11.0. The first kappa shape index (κ1) is 21.0. The molecule has 7 nitrogen and oxygen atoms in total. The number of likely N-dealkylation sites (tertiary alicyclic amines) is 1. The van der Waals surface area contributed by atoms with Crippen molar-refractivity contribution in [2.45, 2.75) is 77.2 Å². The summed E-state index contributed by atoms with van der Waals surface area (Å²) in [5.74, 6) is 0.352. The molecule has 5 saturated carbocycles. The van der Waals surface area contributed by atoms with Crippen molar-refractivity contribution in [2.24, 2.45) is 35.0 Å². The number of esters is 1. The summed E-state index contributed by atoms with van der Waals surface area (Å²) < 4.78 is 5.14. The van der Waals surface area contributed by atoms with Crippen molar-refractivity contribution < 1.29 is 23.9 Å². The number of ether oxygens (including phenoxy) is 1. The number of fused-ring (bicyclic) bond motifs is 1. The Bertz CT molecular complexity index is 734. The van der Waals surface area contributed by atoms with Crippen LogP contribution in [0.15, 0.2) is 0 Å². The van der Waals surface area contributed by atoms with Crippen LogP contribution in [0.25, 0.3) is 0 Å². The summed E-state index contributed by atoms with van der Waals surface area (Å²) in [6.45, 7) is 1.34. The van der Waals surface area contributed by atoms with E-state index >= 15 is 0 Å². The SMILES string of the molecule is C[C@@H](NC(=O)COC(=O)CN1C(=O)[C@H]2CCCC[C@@H]2C1=O)C12CC3CC(CC(C3)C1)C2. The molecule has 3 atom stereocenters. The largest absolute Gasteiger partial charge is 0.454 e. The van der Waals surface area contributed by atoms with E-state index in [4.69, 9.17) is 4.74 Å². The molecule has 1 aliphatic heterocycles. The molecule has 0 unspecified atom stereocenters. The zero-order valence-electron chi connectivity index (χ0n) is 18.4. The minimum Gasteiger partial charge on any atom is -0.454 e. The Morgan fingerprint density at radius 3 is 2.03 bits per heavy atom. The van der Waals surface area contributed by atoms with Crippen molar-refractivity contribution in [1.29, 1.82) is 0 Å². The molecule has 0 aromatic heterocycles. The third-order valence-electron chi connectivity index (χ3n) is 8.97. The van der Waals surface area contributed by atoms with Crippen molar-refractivity contribution in [3.63, 3.8) is 0 Å². The first-order valence-corrected chi connectivity index (χ1v) is 12.1. The molecule has 1 N–H and O–H groups in total. The zero-order valence-corrected chi connectivity index (χ0v) is 18.4. The summed E-state index contributed by atoms with van der Waals surface area (Å²) in [7, 11) is 0. The molecule has 6 fully saturated rings. The second kappa shape index (κ2) is 7.89. The highest BCUT2D eigenvalue weighted by Crippen LogP contribution is 2.61. The third-order valence-corrected chi connectivity index (χ3v) is 8.97. The van der Waals surface area contributed by atoms with Crippen LogP contribution in [-0.2, 0) is 23.9 Å². The number of nitrogens with zero attached hydrogens (tertiary/aromatic N) is 1. The second-order valence-corrected chi connectivity index (χ2v) is 11.0. The van der Waals surface area contributed by atoms with E-state index < -0.39 is 5.97 Å². The van der Waals surface area contributed by atoms with Gasteiger partial charge < -0.3 is 10.1 Å². The van der Waals surface area contributed by atoms with Crippen LogP contribution < -0.4 is 5.32 Å². The lowest BCUT2D eigenvalue weighted by Gasteiger charge is -2.59. The van der Waals surface area contributed by atoms with Gasteiger partial charge in [0, 0.05) is 6.04 Å². The highest BCUT2D eigenvalue weighted by atomic mass is 16.5. The van der Waals surface area contributed by atoms with Gasteiger partial charge in [-0.3, -0.25) is 24.1 Å². The summed E-state index contributed by atoms with van der Waals surface area (Å²) in [4.78, 5) is 50.8. The lowest BCUT2D eigenvalue weighted by molar-refractivity contribution is -0.155. The Morgan fingerprint density at radius 1 is 1.00 bits per heavy atom. The fourth-order valence-electron chi connectivity index (χ4n) is 7.85. The molecule has 0 aromatic rings. The van der Waals surface area contributed by atoms with E-state index in [1.165, 1.54) is 38.5 Å². The lowest BCUT2D eigenvalue weighted by Crippen LogP contribution is -2.56. The van der Waals surface area contributed by atoms with Gasteiger partial charge in [-0.15, -0.1) is 0 Å². The zero-order chi connectivity index (χ0) is 21.8. The molecular formula is C24H34N2O5. The number of hydrogen-bond acceptors (Lipinski definition) is 5. The van der Waals surface area contributed by atoms with Crippen molar-refractivity contribution >= 4 is 23.7 Å². The maximum Gasteiger partial charge on any atom is 0.326 e. The quantitative estimate of drug-likeness (QED) is 0.516. The van der Waals surface area contributed by atoms with Gasteiger partial charge in [-0.25, -0.2) is 0 Å². The van der Waals surface area contributed by atoms with Gasteiger partial charge in [0.2, 0.25) is 11.8 Å². The van der Waals surface area contributed by atoms with Crippen molar-refractivity contribution in [3.05, 3.63) is 0 Å². The number of amides is 3. The Morgan fingerprint density at radius 2 is 1.52 bits per heavy atom. The normalized spacial score (nSPS) is 39.4. The molecule has 0 radical (unpaired) electrons. The van der Waals surface area contributed by atoms with Crippen molar-refractivity contribution in [3.8, 4) is 0 Å². The van der Waals surface area contributed by atoms with Gasteiger partial charge in [-0.2, -0.15) is 0 Å². The van der Waals surface area contributed by atoms with Crippen molar-refractivity contribution in [2.75, 3.05) is 13.2 Å². The van der Waals surface area contributed by atoms with Crippen LogP contribution in [0, 0.1) is 35.0 Å². The summed E-state index contributed by atoms with van der Waals surface area (Å²) in [5.41, 5.74) is 0.194. The molecule has 0 aromatic carbocycles. The topological polar surface area (TPSA) is 92.8 Å². The van der Waals surface area contributed by atoms with Gasteiger partial charge in [0.25, 0.3) is 5.91 Å². The number of imide groups is 1. The minimum absolute atomic E-state index is 0.0666. The molecule has 31 heavy (non-hydrogen) atoms. The van der Waals surface area contributed by atoms with E-state index in [2.05, 4.69) is 12.2 Å². The Labute approximate surface area is 183 Å². The fourth-order valence-corrected chi connectivity index (χ4v) is 7.85. The molecular weight excluding hydrogens is 396 g/mol. The van der Waals surface area contributed by atoms with Crippen molar-refractivity contribution in [1.82, 2.24) is 10.2 Å². The molecule has 3 amide bonds. The van der Waals surface area contributed by atoms with Crippen LogP contribution >= 0.6 is 0 Å².